The van der Waals surface area contributed by atoms with Crippen molar-refractivity contribution in [3.63, 3.8) is 0 Å². The van der Waals surface area contributed by atoms with Crippen molar-refractivity contribution in [2.24, 2.45) is 0 Å². The molecule has 2 aromatic rings. The number of piperidine rings is 1. The molecule has 1 aliphatic rings. The lowest BCUT2D eigenvalue weighted by Crippen LogP contribution is -2.43. The third-order valence-electron chi connectivity index (χ3n) is 4.24. The van der Waals surface area contributed by atoms with Gasteiger partial charge < -0.3 is 9.64 Å². The van der Waals surface area contributed by atoms with E-state index in [1.54, 1.807) is 35.4 Å². The summed E-state index contributed by atoms with van der Waals surface area (Å²) in [5.41, 5.74) is 0.742. The maximum absolute atomic E-state index is 12.5. The number of hydrogen-bond donors (Lipinski definition) is 0. The second-order valence-electron chi connectivity index (χ2n) is 6.15. The Morgan fingerprint density at radius 3 is 2.81 bits per heavy atom. The van der Waals surface area contributed by atoms with Crippen LogP contribution >= 0.6 is 11.6 Å². The first-order chi connectivity index (χ1) is 13.0. The van der Waals surface area contributed by atoms with Crippen molar-refractivity contribution in [3.8, 4) is 5.75 Å². The number of nitro groups is 1. The largest absolute Gasteiger partial charge is 0.487 e. The fourth-order valence-corrected chi connectivity index (χ4v) is 3.02. The van der Waals surface area contributed by atoms with Gasteiger partial charge in [0.05, 0.1) is 11.5 Å². The van der Waals surface area contributed by atoms with Crippen LogP contribution in [0.3, 0.4) is 0 Å². The molecule has 1 saturated heterocycles. The molecule has 8 heteroatoms. The molecule has 0 saturated carbocycles. The van der Waals surface area contributed by atoms with Gasteiger partial charge in [-0.1, -0.05) is 11.6 Å². The van der Waals surface area contributed by atoms with Crippen molar-refractivity contribution in [3.05, 3.63) is 69.5 Å². The van der Waals surface area contributed by atoms with E-state index >= 15 is 0 Å². The second-order valence-corrected chi connectivity index (χ2v) is 6.56. The SMILES string of the molecule is O=C(/C=C/c1ccc([N+](=O)[O-])cc1)N1CCCC(Oc2ccncc2Cl)C1. The molecule has 27 heavy (non-hydrogen) atoms. The van der Waals surface area contributed by atoms with Crippen LogP contribution in [0.4, 0.5) is 5.69 Å². The predicted octanol–water partition coefficient (Wildman–Crippen LogP) is 3.73. The Morgan fingerprint density at radius 2 is 2.11 bits per heavy atom. The third kappa shape index (κ3) is 5.04. The van der Waals surface area contributed by atoms with Gasteiger partial charge in [-0.2, -0.15) is 0 Å². The molecular weight excluding hydrogens is 370 g/mol. The number of amides is 1. The van der Waals surface area contributed by atoms with Gasteiger partial charge in [0.1, 0.15) is 16.9 Å². The van der Waals surface area contributed by atoms with Crippen molar-refractivity contribution in [1.82, 2.24) is 9.88 Å². The maximum Gasteiger partial charge on any atom is 0.269 e. The maximum atomic E-state index is 12.5. The van der Waals surface area contributed by atoms with E-state index in [2.05, 4.69) is 4.98 Å². The van der Waals surface area contributed by atoms with Crippen LogP contribution in [-0.2, 0) is 4.79 Å². The number of ether oxygens (including phenoxy) is 1. The molecule has 7 nitrogen and oxygen atoms in total. The molecule has 1 aliphatic heterocycles. The van der Waals surface area contributed by atoms with Gasteiger partial charge >= 0.3 is 0 Å². The Balaban J connectivity index is 1.59. The highest BCUT2D eigenvalue weighted by Gasteiger charge is 2.24. The molecule has 3 rings (SSSR count). The number of carbonyl (C=O) groups is 1. The molecule has 0 aliphatic carbocycles. The molecule has 1 amide bonds. The number of non-ortho nitro benzene ring substituents is 1. The van der Waals surface area contributed by atoms with E-state index in [4.69, 9.17) is 16.3 Å². The van der Waals surface area contributed by atoms with Crippen LogP contribution in [0.5, 0.6) is 5.75 Å². The zero-order chi connectivity index (χ0) is 19.2. The van der Waals surface area contributed by atoms with Gasteiger partial charge in [-0.25, -0.2) is 0 Å². The second kappa shape index (κ2) is 8.64. The van der Waals surface area contributed by atoms with E-state index in [1.165, 1.54) is 24.4 Å². The zero-order valence-electron chi connectivity index (χ0n) is 14.5. The number of likely N-dealkylation sites (tertiary alicyclic amines) is 1. The van der Waals surface area contributed by atoms with Gasteiger partial charge in [-0.05, 0) is 36.6 Å². The van der Waals surface area contributed by atoms with Crippen LogP contribution in [0.15, 0.2) is 48.8 Å². The van der Waals surface area contributed by atoms with Gasteiger partial charge in [-0.15, -0.1) is 0 Å². The summed E-state index contributed by atoms with van der Waals surface area (Å²) in [6.07, 6.45) is 7.81. The van der Waals surface area contributed by atoms with Crippen molar-refractivity contribution in [2.75, 3.05) is 13.1 Å². The number of nitro benzene ring substituents is 1. The van der Waals surface area contributed by atoms with Gasteiger partial charge in [0.25, 0.3) is 5.69 Å². The Morgan fingerprint density at radius 1 is 1.33 bits per heavy atom. The number of nitrogens with zero attached hydrogens (tertiary/aromatic N) is 3. The lowest BCUT2D eigenvalue weighted by molar-refractivity contribution is -0.384. The van der Waals surface area contributed by atoms with Crippen LogP contribution < -0.4 is 4.74 Å². The van der Waals surface area contributed by atoms with E-state index in [-0.39, 0.29) is 17.7 Å². The first kappa shape index (κ1) is 18.8. The normalized spacial score (nSPS) is 17.1. The van der Waals surface area contributed by atoms with E-state index in [1.807, 2.05) is 0 Å². The minimum Gasteiger partial charge on any atom is -0.487 e. The Labute approximate surface area is 161 Å². The van der Waals surface area contributed by atoms with Crippen LogP contribution in [-0.4, -0.2) is 39.9 Å². The number of aromatic nitrogens is 1. The number of halogens is 1. The van der Waals surface area contributed by atoms with Crippen LogP contribution in [0.25, 0.3) is 6.08 Å². The molecule has 0 spiro atoms. The summed E-state index contributed by atoms with van der Waals surface area (Å²) in [5, 5.41) is 11.1. The number of benzene rings is 1. The van der Waals surface area contributed by atoms with Crippen molar-refractivity contribution in [2.45, 2.75) is 18.9 Å². The molecule has 1 unspecified atom stereocenters. The summed E-state index contributed by atoms with van der Waals surface area (Å²) in [6.45, 7) is 1.13. The highest BCUT2D eigenvalue weighted by molar-refractivity contribution is 6.31. The number of rotatable bonds is 5. The first-order valence-corrected chi connectivity index (χ1v) is 8.88. The average molecular weight is 388 g/mol. The van der Waals surface area contributed by atoms with Crippen LogP contribution in [0.1, 0.15) is 18.4 Å². The minimum atomic E-state index is -0.457. The highest BCUT2D eigenvalue weighted by atomic mass is 35.5. The van der Waals surface area contributed by atoms with E-state index in [0.717, 1.165) is 18.4 Å². The lowest BCUT2D eigenvalue weighted by atomic mass is 10.1. The van der Waals surface area contributed by atoms with Crippen molar-refractivity contribution in [1.29, 1.82) is 0 Å². The van der Waals surface area contributed by atoms with Gasteiger partial charge in [-0.3, -0.25) is 19.9 Å². The molecule has 0 radical (unpaired) electrons. The van der Waals surface area contributed by atoms with Gasteiger partial charge in [0, 0.05) is 43.2 Å². The summed E-state index contributed by atoms with van der Waals surface area (Å²) in [5.74, 6) is 0.440. The van der Waals surface area contributed by atoms with Crippen molar-refractivity contribution >= 4 is 29.3 Å². The molecule has 1 atom stereocenters. The molecule has 1 fully saturated rings. The summed E-state index contributed by atoms with van der Waals surface area (Å²) < 4.78 is 5.91. The fourth-order valence-electron chi connectivity index (χ4n) is 2.85. The fraction of sp³-hybridized carbons (Fsp3) is 0.263. The van der Waals surface area contributed by atoms with E-state index < -0.39 is 4.92 Å². The zero-order valence-corrected chi connectivity index (χ0v) is 15.2. The Kier molecular flexibility index (Phi) is 6.03. The molecule has 0 N–H and O–H groups in total. The van der Waals surface area contributed by atoms with Gasteiger partial charge in [0.2, 0.25) is 5.91 Å². The highest BCUT2D eigenvalue weighted by Crippen LogP contribution is 2.25. The monoisotopic (exact) mass is 387 g/mol. The molecular formula is C19H18ClN3O4. The smallest absolute Gasteiger partial charge is 0.269 e. The van der Waals surface area contributed by atoms with Crippen LogP contribution in [0.2, 0.25) is 5.02 Å². The third-order valence-corrected chi connectivity index (χ3v) is 4.52. The van der Waals surface area contributed by atoms with E-state index in [9.17, 15) is 14.9 Å². The summed E-state index contributed by atoms with van der Waals surface area (Å²) >= 11 is 6.07. The predicted molar refractivity (Wildman–Crippen MR) is 102 cm³/mol. The van der Waals surface area contributed by atoms with Crippen LogP contribution in [0, 0.1) is 10.1 Å². The summed E-state index contributed by atoms with van der Waals surface area (Å²) in [7, 11) is 0. The number of hydrogen-bond acceptors (Lipinski definition) is 5. The molecule has 1 aromatic heterocycles. The molecule has 1 aromatic carbocycles. The molecule has 2 heterocycles. The average Bonchev–Trinajstić information content (AvgIpc) is 2.68. The number of pyridine rings is 1. The molecule has 0 bridgehead atoms. The topological polar surface area (TPSA) is 85.6 Å². The Hall–Kier alpha value is -2.93. The molecule has 140 valence electrons. The standard InChI is InChI=1S/C19H18ClN3O4/c20-17-12-21-10-9-18(17)27-16-2-1-11-22(13-16)19(24)8-5-14-3-6-15(7-4-14)23(25)26/h3-10,12,16H,1-2,11,13H2/b8-5+. The van der Waals surface area contributed by atoms with E-state index in [0.29, 0.717) is 23.9 Å². The lowest BCUT2D eigenvalue weighted by Gasteiger charge is -2.32. The van der Waals surface area contributed by atoms with Crippen molar-refractivity contribution < 1.29 is 14.5 Å². The quantitative estimate of drug-likeness (QED) is 0.443. The number of carbonyl (C=O) groups excluding carboxylic acids is 1. The summed E-state index contributed by atoms with van der Waals surface area (Å²) in [6, 6.07) is 7.74. The minimum absolute atomic E-state index is 0.0178. The first-order valence-electron chi connectivity index (χ1n) is 8.50. The summed E-state index contributed by atoms with van der Waals surface area (Å²) in [4.78, 5) is 28.3. The van der Waals surface area contributed by atoms with Gasteiger partial charge in [0.15, 0.2) is 0 Å². The Bertz CT molecular complexity index is 854.